The highest BCUT2D eigenvalue weighted by molar-refractivity contribution is 6.34. The lowest BCUT2D eigenvalue weighted by Crippen LogP contribution is -2.27. The van der Waals surface area contributed by atoms with Gasteiger partial charge in [0.25, 0.3) is 0 Å². The zero-order valence-corrected chi connectivity index (χ0v) is 14.0. The number of anilines is 1. The smallest absolute Gasteiger partial charge is 0.196 e. The predicted octanol–water partition coefficient (Wildman–Crippen LogP) is 4.86. The summed E-state index contributed by atoms with van der Waals surface area (Å²) in [6.07, 6.45) is 5.90. The second-order valence-electron chi connectivity index (χ2n) is 6.56. The Morgan fingerprint density at radius 1 is 0.875 bits per heavy atom. The molecule has 2 aliphatic rings. The molecule has 2 aromatic carbocycles. The van der Waals surface area contributed by atoms with Gasteiger partial charge in [0.05, 0.1) is 5.56 Å². The number of carbonyl (C=O) groups excluding carboxylic acids is 2. The number of hydrogen-bond donors (Lipinski definition) is 1. The zero-order chi connectivity index (χ0) is 16.7. The van der Waals surface area contributed by atoms with Crippen LogP contribution in [0.3, 0.4) is 0 Å². The van der Waals surface area contributed by atoms with Crippen LogP contribution in [0.1, 0.15) is 63.9 Å². The van der Waals surface area contributed by atoms with Gasteiger partial charge in [-0.1, -0.05) is 43.0 Å². The molecule has 24 heavy (non-hydrogen) atoms. The molecule has 4 heteroatoms. The molecule has 0 spiro atoms. The first-order valence-electron chi connectivity index (χ1n) is 8.43. The molecule has 1 saturated carbocycles. The molecular weight excluding hydrogens is 322 g/mol. The minimum Gasteiger partial charge on any atom is -0.382 e. The van der Waals surface area contributed by atoms with Gasteiger partial charge in [0.2, 0.25) is 0 Å². The van der Waals surface area contributed by atoms with Gasteiger partial charge in [-0.3, -0.25) is 9.59 Å². The lowest BCUT2D eigenvalue weighted by Gasteiger charge is -2.27. The number of hydrogen-bond acceptors (Lipinski definition) is 3. The molecule has 3 nitrogen and oxygen atoms in total. The van der Waals surface area contributed by atoms with Crippen LogP contribution < -0.4 is 5.32 Å². The molecule has 1 N–H and O–H groups in total. The van der Waals surface area contributed by atoms with Crippen molar-refractivity contribution in [3.63, 3.8) is 0 Å². The van der Waals surface area contributed by atoms with E-state index in [1.807, 2.05) is 12.1 Å². The Bertz CT molecular complexity index is 838. The van der Waals surface area contributed by atoms with Crippen LogP contribution >= 0.6 is 11.6 Å². The van der Waals surface area contributed by atoms with Gasteiger partial charge in [0.1, 0.15) is 0 Å². The second kappa shape index (κ2) is 6.06. The Morgan fingerprint density at radius 3 is 2.46 bits per heavy atom. The fraction of sp³-hybridized carbons (Fsp3) is 0.300. The molecule has 4 rings (SSSR count). The molecular formula is C20H18ClNO2. The van der Waals surface area contributed by atoms with Crippen LogP contribution in [0, 0.1) is 0 Å². The minimum absolute atomic E-state index is 0.108. The van der Waals surface area contributed by atoms with Crippen LogP contribution in [0.5, 0.6) is 0 Å². The van der Waals surface area contributed by atoms with Gasteiger partial charge in [0.15, 0.2) is 11.6 Å². The summed E-state index contributed by atoms with van der Waals surface area (Å²) in [6.45, 7) is 0. The average Bonchev–Trinajstić information content (AvgIpc) is 2.60. The van der Waals surface area contributed by atoms with Crippen molar-refractivity contribution in [1.82, 2.24) is 0 Å². The first kappa shape index (κ1) is 15.4. The summed E-state index contributed by atoms with van der Waals surface area (Å²) in [6, 6.07) is 10.7. The van der Waals surface area contributed by atoms with Crippen LogP contribution in [0.25, 0.3) is 0 Å². The number of carbonyl (C=O) groups is 2. The lowest BCUT2D eigenvalue weighted by molar-refractivity contribution is 0.0979. The topological polar surface area (TPSA) is 46.2 Å². The number of nitrogens with one attached hydrogen (secondary N) is 1. The van der Waals surface area contributed by atoms with Crippen molar-refractivity contribution in [3.05, 3.63) is 63.7 Å². The monoisotopic (exact) mass is 339 g/mol. The van der Waals surface area contributed by atoms with Crippen molar-refractivity contribution >= 4 is 28.9 Å². The standard InChI is InChI=1S/C20H18ClNO2/c21-12-9-10-14-16(11-12)20(24)18-15(19(14)23)7-4-8-17(18)22-13-5-2-1-3-6-13/h4,7-11,13,22H,1-3,5-6H2. The maximum absolute atomic E-state index is 13.0. The van der Waals surface area contributed by atoms with Crippen LogP contribution in [-0.2, 0) is 0 Å². The number of halogens is 1. The zero-order valence-electron chi connectivity index (χ0n) is 13.3. The van der Waals surface area contributed by atoms with E-state index in [2.05, 4.69) is 5.32 Å². The van der Waals surface area contributed by atoms with E-state index in [-0.39, 0.29) is 11.6 Å². The highest BCUT2D eigenvalue weighted by atomic mass is 35.5. The number of benzene rings is 2. The Morgan fingerprint density at radius 2 is 1.67 bits per heavy atom. The Hall–Kier alpha value is -2.13. The summed E-state index contributed by atoms with van der Waals surface area (Å²) in [5.74, 6) is -0.232. The van der Waals surface area contributed by atoms with Crippen LogP contribution in [-0.4, -0.2) is 17.6 Å². The van der Waals surface area contributed by atoms with Gasteiger partial charge >= 0.3 is 0 Å². The van der Waals surface area contributed by atoms with Gasteiger partial charge in [-0.25, -0.2) is 0 Å². The van der Waals surface area contributed by atoms with Gasteiger partial charge in [-0.2, -0.15) is 0 Å². The van der Waals surface area contributed by atoms with E-state index in [0.717, 1.165) is 18.5 Å². The van der Waals surface area contributed by atoms with E-state index in [9.17, 15) is 9.59 Å². The Balaban J connectivity index is 1.78. The maximum atomic E-state index is 13.0. The van der Waals surface area contributed by atoms with Crippen molar-refractivity contribution in [2.45, 2.75) is 38.1 Å². The minimum atomic E-state index is -0.124. The third-order valence-corrected chi connectivity index (χ3v) is 5.21. The summed E-state index contributed by atoms with van der Waals surface area (Å²) in [5, 5.41) is 3.97. The fourth-order valence-corrected chi connectivity index (χ4v) is 3.93. The summed E-state index contributed by atoms with van der Waals surface area (Å²) in [5.41, 5.74) is 2.58. The third-order valence-electron chi connectivity index (χ3n) is 4.97. The Labute approximate surface area is 146 Å². The van der Waals surface area contributed by atoms with Crippen LogP contribution in [0.15, 0.2) is 36.4 Å². The fourth-order valence-electron chi connectivity index (χ4n) is 3.76. The number of fused-ring (bicyclic) bond motifs is 2. The van der Waals surface area contributed by atoms with E-state index in [1.165, 1.54) is 19.3 Å². The van der Waals surface area contributed by atoms with Crippen LogP contribution in [0.2, 0.25) is 5.02 Å². The molecule has 0 bridgehead atoms. The third kappa shape index (κ3) is 2.53. The molecule has 0 radical (unpaired) electrons. The lowest BCUT2D eigenvalue weighted by atomic mass is 9.83. The predicted molar refractivity (Wildman–Crippen MR) is 95.3 cm³/mol. The summed E-state index contributed by atoms with van der Waals surface area (Å²) >= 11 is 6.03. The maximum Gasteiger partial charge on any atom is 0.196 e. The molecule has 0 heterocycles. The van der Waals surface area contributed by atoms with E-state index in [4.69, 9.17) is 11.6 Å². The van der Waals surface area contributed by atoms with Crippen molar-refractivity contribution in [2.24, 2.45) is 0 Å². The van der Waals surface area contributed by atoms with E-state index >= 15 is 0 Å². The van der Waals surface area contributed by atoms with E-state index in [0.29, 0.717) is 33.3 Å². The second-order valence-corrected chi connectivity index (χ2v) is 6.99. The van der Waals surface area contributed by atoms with Gasteiger partial charge in [0, 0.05) is 33.4 Å². The molecule has 0 atom stereocenters. The molecule has 1 fully saturated rings. The van der Waals surface area contributed by atoms with Gasteiger partial charge in [-0.15, -0.1) is 0 Å². The first-order chi connectivity index (χ1) is 11.6. The molecule has 0 saturated heterocycles. The quantitative estimate of drug-likeness (QED) is 0.725. The van der Waals surface area contributed by atoms with Gasteiger partial charge in [-0.05, 0) is 37.1 Å². The molecule has 0 aliphatic heterocycles. The molecule has 0 unspecified atom stereocenters. The number of ketones is 2. The van der Waals surface area contributed by atoms with Crippen molar-refractivity contribution in [1.29, 1.82) is 0 Å². The van der Waals surface area contributed by atoms with Crippen molar-refractivity contribution in [3.8, 4) is 0 Å². The average molecular weight is 340 g/mol. The highest BCUT2D eigenvalue weighted by Gasteiger charge is 2.32. The summed E-state index contributed by atoms with van der Waals surface area (Å²) < 4.78 is 0. The van der Waals surface area contributed by atoms with Crippen LogP contribution in [0.4, 0.5) is 5.69 Å². The largest absolute Gasteiger partial charge is 0.382 e. The van der Waals surface area contributed by atoms with Crippen molar-refractivity contribution in [2.75, 3.05) is 5.32 Å². The number of rotatable bonds is 2. The molecule has 0 amide bonds. The summed E-state index contributed by atoms with van der Waals surface area (Å²) in [4.78, 5) is 25.8. The Kier molecular flexibility index (Phi) is 3.89. The van der Waals surface area contributed by atoms with E-state index < -0.39 is 0 Å². The van der Waals surface area contributed by atoms with Crippen molar-refractivity contribution < 1.29 is 9.59 Å². The van der Waals surface area contributed by atoms with Gasteiger partial charge < -0.3 is 5.32 Å². The molecule has 122 valence electrons. The normalized spacial score (nSPS) is 17.4. The summed E-state index contributed by atoms with van der Waals surface area (Å²) in [7, 11) is 0. The van der Waals surface area contributed by atoms with E-state index in [1.54, 1.807) is 24.3 Å². The molecule has 0 aromatic heterocycles. The highest BCUT2D eigenvalue weighted by Crippen LogP contribution is 2.34. The SMILES string of the molecule is O=C1c2ccc(Cl)cc2C(=O)c2c(NC3CCCCC3)cccc21. The molecule has 2 aromatic rings. The first-order valence-corrected chi connectivity index (χ1v) is 8.81. The molecule has 2 aliphatic carbocycles.